The first kappa shape index (κ1) is 21.1. The smallest absolute Gasteiger partial charge is 0.226 e. The van der Waals surface area contributed by atoms with Gasteiger partial charge in [-0.05, 0) is 55.2 Å². The fraction of sp³-hybridized carbons (Fsp3) is 0.400. The highest BCUT2D eigenvalue weighted by Crippen LogP contribution is 2.40. The van der Waals surface area contributed by atoms with Crippen LogP contribution in [0.15, 0.2) is 48.5 Å². The normalized spacial score (nSPS) is 13.4. The van der Waals surface area contributed by atoms with E-state index in [2.05, 4.69) is 36.2 Å². The molecular weight excluding hydrogens is 388 g/mol. The van der Waals surface area contributed by atoms with Crippen LogP contribution in [0.3, 0.4) is 0 Å². The number of hydrogen-bond acceptors (Lipinski definition) is 5. The average Bonchev–Trinajstić information content (AvgIpc) is 3.62. The zero-order chi connectivity index (χ0) is 21.8. The highest BCUT2D eigenvalue weighted by molar-refractivity contribution is 5.92. The molecule has 0 saturated heterocycles. The zero-order valence-corrected chi connectivity index (χ0v) is 18.5. The van der Waals surface area contributed by atoms with Crippen molar-refractivity contribution in [3.63, 3.8) is 0 Å². The monoisotopic (exact) mass is 418 g/mol. The van der Waals surface area contributed by atoms with Gasteiger partial charge in [-0.25, -0.2) is 9.97 Å². The van der Waals surface area contributed by atoms with Crippen LogP contribution in [0.1, 0.15) is 44.9 Å². The molecule has 0 bridgehead atoms. The third-order valence-corrected chi connectivity index (χ3v) is 5.41. The van der Waals surface area contributed by atoms with Crippen molar-refractivity contribution in [1.29, 1.82) is 0 Å². The first-order valence-corrected chi connectivity index (χ1v) is 11.0. The highest BCUT2D eigenvalue weighted by atomic mass is 16.5. The van der Waals surface area contributed by atoms with Crippen molar-refractivity contribution in [1.82, 2.24) is 9.97 Å². The Morgan fingerprint density at radius 1 is 1.13 bits per heavy atom. The molecule has 162 valence electrons. The van der Waals surface area contributed by atoms with Crippen molar-refractivity contribution < 1.29 is 9.53 Å². The molecule has 1 fully saturated rings. The molecule has 4 rings (SSSR count). The molecule has 1 aliphatic carbocycles. The van der Waals surface area contributed by atoms with Crippen LogP contribution in [0.25, 0.3) is 10.9 Å². The lowest BCUT2D eigenvalue weighted by atomic mass is 10.1. The number of fused-ring (bicyclic) bond motifs is 1. The summed E-state index contributed by atoms with van der Waals surface area (Å²) in [4.78, 5) is 24.6. The molecule has 0 aliphatic heterocycles. The third kappa shape index (κ3) is 5.32. The van der Waals surface area contributed by atoms with Gasteiger partial charge in [0.15, 0.2) is 0 Å². The van der Waals surface area contributed by atoms with Crippen molar-refractivity contribution in [3.05, 3.63) is 54.4 Å². The Bertz CT molecular complexity index is 1050. The quantitative estimate of drug-likeness (QED) is 0.529. The van der Waals surface area contributed by atoms with Gasteiger partial charge < -0.3 is 15.0 Å². The second-order valence-electron chi connectivity index (χ2n) is 8.56. The molecule has 31 heavy (non-hydrogen) atoms. The Morgan fingerprint density at radius 2 is 1.87 bits per heavy atom. The number of ether oxygens (including phenoxy) is 1. The molecule has 6 heteroatoms. The van der Waals surface area contributed by atoms with E-state index in [0.717, 1.165) is 53.4 Å². The molecule has 6 nitrogen and oxygen atoms in total. The van der Waals surface area contributed by atoms with Crippen LogP contribution in [0.4, 0.5) is 11.5 Å². The molecule has 3 aromatic rings. The van der Waals surface area contributed by atoms with Gasteiger partial charge in [-0.2, -0.15) is 0 Å². The Labute approximate surface area is 183 Å². The summed E-state index contributed by atoms with van der Waals surface area (Å²) in [6.45, 7) is 5.82. The Morgan fingerprint density at radius 3 is 2.55 bits per heavy atom. The van der Waals surface area contributed by atoms with Gasteiger partial charge in [0.25, 0.3) is 0 Å². The van der Waals surface area contributed by atoms with Gasteiger partial charge in [0, 0.05) is 36.5 Å². The molecule has 0 radical (unpaired) electrons. The van der Waals surface area contributed by atoms with Gasteiger partial charge in [0.1, 0.15) is 17.4 Å². The maximum Gasteiger partial charge on any atom is 0.226 e. The lowest BCUT2D eigenvalue weighted by molar-refractivity contribution is -0.116. The van der Waals surface area contributed by atoms with Crippen LogP contribution in [-0.2, 0) is 4.79 Å². The molecule has 1 heterocycles. The van der Waals surface area contributed by atoms with Gasteiger partial charge in [0.2, 0.25) is 5.91 Å². The van der Waals surface area contributed by atoms with Gasteiger partial charge >= 0.3 is 0 Å². The number of nitrogens with zero attached hydrogens (tertiary/aromatic N) is 3. The van der Waals surface area contributed by atoms with E-state index < -0.39 is 0 Å². The Kier molecular flexibility index (Phi) is 6.35. The Hall–Kier alpha value is -3.15. The minimum atomic E-state index is -0.0142. The van der Waals surface area contributed by atoms with E-state index in [1.54, 1.807) is 7.11 Å². The number of amides is 1. The third-order valence-electron chi connectivity index (χ3n) is 5.41. The van der Waals surface area contributed by atoms with Crippen molar-refractivity contribution in [2.45, 2.75) is 39.0 Å². The lowest BCUT2D eigenvalue weighted by Gasteiger charge is -2.27. The van der Waals surface area contributed by atoms with Gasteiger partial charge in [0.05, 0.1) is 12.6 Å². The summed E-state index contributed by atoms with van der Waals surface area (Å²) in [5.41, 5.74) is 1.75. The number of anilines is 2. The van der Waals surface area contributed by atoms with Crippen LogP contribution >= 0.6 is 0 Å². The standard InChI is InChI=1S/C25H30N4O2/c1-17(2)16-29(15-14-23(30)26-19-10-12-20(31-3)13-11-19)25-21-6-4-5-7-22(21)27-24(28-25)18-8-9-18/h4-7,10-13,17-18H,8-9,14-16H2,1-3H3,(H,26,30). The van der Waals surface area contributed by atoms with E-state index in [-0.39, 0.29) is 5.91 Å². The van der Waals surface area contributed by atoms with E-state index in [1.165, 1.54) is 0 Å². The van der Waals surface area contributed by atoms with Crippen LogP contribution in [0.5, 0.6) is 5.75 Å². The van der Waals surface area contributed by atoms with Crippen molar-refractivity contribution in [2.24, 2.45) is 5.92 Å². The molecule has 0 spiro atoms. The second kappa shape index (κ2) is 9.33. The summed E-state index contributed by atoms with van der Waals surface area (Å²) >= 11 is 0. The van der Waals surface area contributed by atoms with Crippen molar-refractivity contribution in [2.75, 3.05) is 30.4 Å². The fourth-order valence-electron chi connectivity index (χ4n) is 3.70. The van der Waals surface area contributed by atoms with Gasteiger partial charge in [-0.15, -0.1) is 0 Å². The van der Waals surface area contributed by atoms with E-state index >= 15 is 0 Å². The molecule has 2 aromatic carbocycles. The first-order chi connectivity index (χ1) is 15.0. The summed E-state index contributed by atoms with van der Waals surface area (Å²) in [7, 11) is 1.63. The molecule has 0 unspecified atom stereocenters. The minimum absolute atomic E-state index is 0.0142. The molecule has 1 saturated carbocycles. The minimum Gasteiger partial charge on any atom is -0.497 e. The number of hydrogen-bond donors (Lipinski definition) is 1. The van der Waals surface area contributed by atoms with E-state index in [0.29, 0.717) is 24.8 Å². The molecule has 0 atom stereocenters. The van der Waals surface area contributed by atoms with Crippen molar-refractivity contribution >= 4 is 28.3 Å². The summed E-state index contributed by atoms with van der Waals surface area (Å²) in [6.07, 6.45) is 2.70. The van der Waals surface area contributed by atoms with E-state index in [4.69, 9.17) is 14.7 Å². The number of carbonyl (C=O) groups is 1. The van der Waals surface area contributed by atoms with Gasteiger partial charge in [-0.3, -0.25) is 4.79 Å². The van der Waals surface area contributed by atoms with Crippen LogP contribution in [0, 0.1) is 5.92 Å². The summed E-state index contributed by atoms with van der Waals surface area (Å²) in [5.74, 6) is 3.55. The number of rotatable bonds is 9. The maximum atomic E-state index is 12.6. The summed E-state index contributed by atoms with van der Waals surface area (Å²) in [6, 6.07) is 15.5. The maximum absolute atomic E-state index is 12.6. The summed E-state index contributed by atoms with van der Waals surface area (Å²) < 4.78 is 5.17. The van der Waals surface area contributed by atoms with Gasteiger partial charge in [-0.1, -0.05) is 26.0 Å². The van der Waals surface area contributed by atoms with Crippen LogP contribution in [0.2, 0.25) is 0 Å². The predicted octanol–water partition coefficient (Wildman–Crippen LogP) is 5.01. The topological polar surface area (TPSA) is 67.3 Å². The molecule has 1 N–H and O–H groups in total. The highest BCUT2D eigenvalue weighted by Gasteiger charge is 2.28. The molecule has 1 aliphatic rings. The number of nitrogens with one attached hydrogen (secondary N) is 1. The second-order valence-corrected chi connectivity index (χ2v) is 8.56. The van der Waals surface area contributed by atoms with E-state index in [9.17, 15) is 4.79 Å². The molecule has 1 aromatic heterocycles. The SMILES string of the molecule is COc1ccc(NC(=O)CCN(CC(C)C)c2nc(C3CC3)nc3ccccc23)cc1. The fourth-order valence-corrected chi connectivity index (χ4v) is 3.70. The van der Waals surface area contributed by atoms with E-state index in [1.807, 2.05) is 36.4 Å². The molecule has 1 amide bonds. The molecular formula is C25H30N4O2. The zero-order valence-electron chi connectivity index (χ0n) is 18.5. The largest absolute Gasteiger partial charge is 0.497 e. The number of benzene rings is 2. The number of para-hydroxylation sites is 1. The summed E-state index contributed by atoms with van der Waals surface area (Å²) in [5, 5.41) is 4.02. The predicted molar refractivity (Wildman–Crippen MR) is 125 cm³/mol. The number of aromatic nitrogens is 2. The van der Waals surface area contributed by atoms with Crippen molar-refractivity contribution in [3.8, 4) is 5.75 Å². The Balaban J connectivity index is 1.53. The van der Waals surface area contributed by atoms with Crippen LogP contribution < -0.4 is 15.0 Å². The average molecular weight is 419 g/mol. The van der Waals surface area contributed by atoms with Crippen LogP contribution in [-0.4, -0.2) is 36.1 Å². The number of carbonyl (C=O) groups excluding carboxylic acids is 1. The lowest BCUT2D eigenvalue weighted by Crippen LogP contribution is -2.32. The first-order valence-electron chi connectivity index (χ1n) is 11.0. The number of methoxy groups -OCH3 is 1.